The molecule has 3 aliphatic carbocycles. The number of aromatic amines is 1. The molecule has 1 heterocycles. The molecule has 2 bridgehead atoms. The number of hydrogen-bond donors (Lipinski definition) is 3. The highest BCUT2D eigenvalue weighted by molar-refractivity contribution is 5.94. The molecule has 4 N–H and O–H groups in total. The lowest BCUT2D eigenvalue weighted by Gasteiger charge is -2.43. The first-order chi connectivity index (χ1) is 12.7. The van der Waals surface area contributed by atoms with Crippen LogP contribution in [0.3, 0.4) is 0 Å². The number of H-pyrrole nitrogens is 1. The Kier molecular flexibility index (Phi) is 4.00. The molecule has 0 spiro atoms. The molecular formula is C21H28N4O. The Labute approximate surface area is 154 Å². The number of hydrogen-bond acceptors (Lipinski definition) is 3. The number of carbonyl (C=O) groups excluding carboxylic acids is 1. The SMILES string of the molecule is NC1C2CCCC1CC(C(=O)Nc1ccc3nc(C4CCC4)[nH]c3c1)C2. The Morgan fingerprint density at radius 1 is 1.12 bits per heavy atom. The summed E-state index contributed by atoms with van der Waals surface area (Å²) in [5.74, 6) is 3.01. The lowest BCUT2D eigenvalue weighted by molar-refractivity contribution is -0.122. The number of imidazole rings is 1. The van der Waals surface area contributed by atoms with E-state index >= 15 is 0 Å². The smallest absolute Gasteiger partial charge is 0.227 e. The van der Waals surface area contributed by atoms with E-state index < -0.39 is 0 Å². The van der Waals surface area contributed by atoms with Gasteiger partial charge in [-0.1, -0.05) is 12.8 Å². The molecule has 1 aromatic heterocycles. The number of carbonyl (C=O) groups is 1. The summed E-state index contributed by atoms with van der Waals surface area (Å²) in [6.45, 7) is 0. The zero-order valence-corrected chi connectivity index (χ0v) is 15.2. The summed E-state index contributed by atoms with van der Waals surface area (Å²) in [4.78, 5) is 21.0. The molecule has 3 fully saturated rings. The third-order valence-corrected chi connectivity index (χ3v) is 7.04. The minimum atomic E-state index is 0.105. The standard InChI is InChI=1S/C21H28N4O/c22-19-13-5-2-6-14(19)10-15(9-13)21(26)23-16-7-8-17-18(11-16)25-20(24-17)12-3-1-4-12/h7-8,11-15,19H,1-6,9-10,22H2,(H,23,26)(H,24,25). The van der Waals surface area contributed by atoms with Crippen LogP contribution in [0.5, 0.6) is 0 Å². The molecule has 3 saturated carbocycles. The predicted octanol–water partition coefficient (Wildman–Crippen LogP) is 3.92. The molecule has 5 rings (SSSR count). The van der Waals surface area contributed by atoms with E-state index in [1.165, 1.54) is 38.5 Å². The van der Waals surface area contributed by atoms with Gasteiger partial charge in [0, 0.05) is 23.6 Å². The first kappa shape index (κ1) is 16.3. The molecule has 1 aromatic carbocycles. The van der Waals surface area contributed by atoms with E-state index in [-0.39, 0.29) is 11.8 Å². The van der Waals surface area contributed by atoms with Crippen LogP contribution in [0, 0.1) is 17.8 Å². The summed E-state index contributed by atoms with van der Waals surface area (Å²) in [5.41, 5.74) is 9.24. The van der Waals surface area contributed by atoms with E-state index in [4.69, 9.17) is 10.7 Å². The molecule has 0 radical (unpaired) electrons. The van der Waals surface area contributed by atoms with Gasteiger partial charge >= 0.3 is 0 Å². The Hall–Kier alpha value is -1.88. The van der Waals surface area contributed by atoms with Crippen LogP contribution in [0.1, 0.15) is 63.1 Å². The van der Waals surface area contributed by atoms with Crippen LogP contribution in [0.25, 0.3) is 11.0 Å². The summed E-state index contributed by atoms with van der Waals surface area (Å²) < 4.78 is 0. The third kappa shape index (κ3) is 2.82. The number of aromatic nitrogens is 2. The normalized spacial score (nSPS) is 31.6. The van der Waals surface area contributed by atoms with Crippen LogP contribution in [0.15, 0.2) is 18.2 Å². The molecule has 138 valence electrons. The number of fused-ring (bicyclic) bond motifs is 3. The van der Waals surface area contributed by atoms with Crippen molar-refractivity contribution in [2.45, 2.75) is 63.3 Å². The minimum Gasteiger partial charge on any atom is -0.342 e. The zero-order valence-electron chi connectivity index (χ0n) is 15.2. The molecule has 2 aromatic rings. The number of amides is 1. The first-order valence-corrected chi connectivity index (χ1v) is 10.2. The number of nitrogens with one attached hydrogen (secondary N) is 2. The van der Waals surface area contributed by atoms with Crippen molar-refractivity contribution in [2.75, 3.05) is 5.32 Å². The highest BCUT2D eigenvalue weighted by atomic mass is 16.1. The number of nitrogens with two attached hydrogens (primary N) is 1. The Bertz CT molecular complexity index is 811. The van der Waals surface area contributed by atoms with E-state index in [0.717, 1.165) is 35.4 Å². The lowest BCUT2D eigenvalue weighted by atomic mass is 9.65. The van der Waals surface area contributed by atoms with Gasteiger partial charge in [0.05, 0.1) is 11.0 Å². The summed E-state index contributed by atoms with van der Waals surface area (Å²) in [6, 6.07) is 6.31. The Morgan fingerprint density at radius 2 is 1.85 bits per heavy atom. The summed E-state index contributed by atoms with van der Waals surface area (Å²) in [5, 5.41) is 3.15. The topological polar surface area (TPSA) is 83.8 Å². The number of nitrogens with zero attached hydrogens (tertiary/aromatic N) is 1. The van der Waals surface area contributed by atoms with Crippen LogP contribution in [-0.2, 0) is 4.79 Å². The van der Waals surface area contributed by atoms with Crippen molar-refractivity contribution in [3.8, 4) is 0 Å². The monoisotopic (exact) mass is 352 g/mol. The largest absolute Gasteiger partial charge is 0.342 e. The second kappa shape index (κ2) is 6.38. The Morgan fingerprint density at radius 3 is 2.54 bits per heavy atom. The van der Waals surface area contributed by atoms with Gasteiger partial charge in [-0.3, -0.25) is 4.79 Å². The number of anilines is 1. The van der Waals surface area contributed by atoms with Crippen molar-refractivity contribution in [3.05, 3.63) is 24.0 Å². The van der Waals surface area contributed by atoms with Crippen molar-refractivity contribution < 1.29 is 4.79 Å². The van der Waals surface area contributed by atoms with Gasteiger partial charge in [0.1, 0.15) is 5.82 Å². The number of rotatable bonds is 3. The summed E-state index contributed by atoms with van der Waals surface area (Å²) in [7, 11) is 0. The van der Waals surface area contributed by atoms with Gasteiger partial charge in [0.2, 0.25) is 5.91 Å². The molecule has 2 atom stereocenters. The van der Waals surface area contributed by atoms with Crippen molar-refractivity contribution in [1.29, 1.82) is 0 Å². The van der Waals surface area contributed by atoms with Gasteiger partial charge in [0.25, 0.3) is 0 Å². The maximum absolute atomic E-state index is 12.8. The van der Waals surface area contributed by atoms with Gasteiger partial charge in [-0.25, -0.2) is 4.98 Å². The second-order valence-corrected chi connectivity index (χ2v) is 8.67. The molecule has 26 heavy (non-hydrogen) atoms. The van der Waals surface area contributed by atoms with E-state index in [1.54, 1.807) is 0 Å². The van der Waals surface area contributed by atoms with Crippen LogP contribution in [0.2, 0.25) is 0 Å². The van der Waals surface area contributed by atoms with E-state index in [9.17, 15) is 4.79 Å². The van der Waals surface area contributed by atoms with E-state index in [2.05, 4.69) is 10.3 Å². The zero-order chi connectivity index (χ0) is 17.7. The summed E-state index contributed by atoms with van der Waals surface area (Å²) >= 11 is 0. The molecular weight excluding hydrogens is 324 g/mol. The fourth-order valence-corrected chi connectivity index (χ4v) is 5.23. The fraction of sp³-hybridized carbons (Fsp3) is 0.619. The Balaban J connectivity index is 1.30. The van der Waals surface area contributed by atoms with Crippen molar-refractivity contribution >= 4 is 22.6 Å². The lowest BCUT2D eigenvalue weighted by Crippen LogP contribution is -2.48. The second-order valence-electron chi connectivity index (χ2n) is 8.67. The minimum absolute atomic E-state index is 0.105. The van der Waals surface area contributed by atoms with Crippen LogP contribution in [0.4, 0.5) is 5.69 Å². The molecule has 5 heteroatoms. The quantitative estimate of drug-likeness (QED) is 0.783. The highest BCUT2D eigenvalue weighted by Gasteiger charge is 2.40. The molecule has 0 aliphatic heterocycles. The van der Waals surface area contributed by atoms with Gasteiger partial charge in [-0.2, -0.15) is 0 Å². The fourth-order valence-electron chi connectivity index (χ4n) is 5.23. The maximum Gasteiger partial charge on any atom is 0.227 e. The van der Waals surface area contributed by atoms with Crippen molar-refractivity contribution in [2.24, 2.45) is 23.5 Å². The maximum atomic E-state index is 12.8. The van der Waals surface area contributed by atoms with Crippen molar-refractivity contribution in [1.82, 2.24) is 9.97 Å². The first-order valence-electron chi connectivity index (χ1n) is 10.2. The third-order valence-electron chi connectivity index (χ3n) is 7.04. The average Bonchev–Trinajstić information content (AvgIpc) is 2.95. The van der Waals surface area contributed by atoms with Crippen molar-refractivity contribution in [3.63, 3.8) is 0 Å². The van der Waals surface area contributed by atoms with Gasteiger partial charge in [-0.05, 0) is 68.6 Å². The molecule has 3 aliphatic rings. The highest BCUT2D eigenvalue weighted by Crippen LogP contribution is 2.42. The molecule has 1 amide bonds. The molecule has 0 saturated heterocycles. The van der Waals surface area contributed by atoms with E-state index in [0.29, 0.717) is 23.8 Å². The van der Waals surface area contributed by atoms with Gasteiger partial charge in [-0.15, -0.1) is 0 Å². The summed E-state index contributed by atoms with van der Waals surface area (Å²) in [6.07, 6.45) is 9.30. The number of benzene rings is 1. The van der Waals surface area contributed by atoms with E-state index in [1.807, 2.05) is 18.2 Å². The van der Waals surface area contributed by atoms with Crippen LogP contribution in [-0.4, -0.2) is 21.9 Å². The van der Waals surface area contributed by atoms with Gasteiger partial charge in [0.15, 0.2) is 0 Å². The predicted molar refractivity (Wildman–Crippen MR) is 103 cm³/mol. The average molecular weight is 352 g/mol. The van der Waals surface area contributed by atoms with Crippen LogP contribution >= 0.6 is 0 Å². The molecule has 5 nitrogen and oxygen atoms in total. The molecule has 2 unspecified atom stereocenters. The van der Waals surface area contributed by atoms with Crippen LogP contribution < -0.4 is 11.1 Å². The van der Waals surface area contributed by atoms with Gasteiger partial charge < -0.3 is 16.0 Å².